The van der Waals surface area contributed by atoms with Gasteiger partial charge in [0.1, 0.15) is 0 Å². The maximum absolute atomic E-state index is 4.22. The normalized spacial score (nSPS) is 10.4. The van der Waals surface area contributed by atoms with Crippen LogP contribution in [0.5, 0.6) is 0 Å². The Labute approximate surface area is 78.6 Å². The summed E-state index contributed by atoms with van der Waals surface area (Å²) >= 11 is 0. The summed E-state index contributed by atoms with van der Waals surface area (Å²) < 4.78 is 0. The first-order chi connectivity index (χ1) is 6.33. The van der Waals surface area contributed by atoms with Crippen LogP contribution >= 0.6 is 0 Å². The summed E-state index contributed by atoms with van der Waals surface area (Å²) in [6, 6.07) is 6.61. The van der Waals surface area contributed by atoms with Gasteiger partial charge in [-0.15, -0.1) is 0 Å². The molecule has 0 saturated carbocycles. The third-order valence-corrected chi connectivity index (χ3v) is 1.96. The Kier molecular flexibility index (Phi) is 3.89. The van der Waals surface area contributed by atoms with Crippen molar-refractivity contribution < 1.29 is 9.68 Å². The van der Waals surface area contributed by atoms with Gasteiger partial charge in [-0.25, -0.2) is 0 Å². The van der Waals surface area contributed by atoms with E-state index in [-0.39, 0.29) is 0 Å². The van der Waals surface area contributed by atoms with Gasteiger partial charge in [0.25, 0.3) is 0 Å². The third kappa shape index (κ3) is 2.28. The Bertz CT molecular complexity index is 272. The van der Waals surface area contributed by atoms with E-state index in [0.29, 0.717) is 0 Å². The summed E-state index contributed by atoms with van der Waals surface area (Å²) in [7, 11) is 2.95. The second-order valence-electron chi connectivity index (χ2n) is 2.72. The molecular weight excluding hydrogens is 166 g/mol. The molecule has 0 radical (unpaired) electrons. The first-order valence-corrected chi connectivity index (χ1v) is 4.27. The van der Waals surface area contributed by atoms with Crippen LogP contribution in [0.3, 0.4) is 0 Å². The van der Waals surface area contributed by atoms with Crippen molar-refractivity contribution >= 4 is 0 Å². The number of nitrogens with one attached hydrogen (secondary N) is 1. The molecule has 0 unspecified atom stereocenters. The van der Waals surface area contributed by atoms with Gasteiger partial charge in [0.05, 0.1) is 14.2 Å². The molecule has 72 valence electrons. The van der Waals surface area contributed by atoms with Crippen LogP contribution in [0, 0.1) is 0 Å². The standard InChI is InChI=1S/C8H8.C2H7NO2/c1-2-6-5-7-3-4-8(6)7;1-4-3-5-2/h3-5H,2H2,1H3;3H,1-2H3. The Hall–Kier alpha value is -0.900. The lowest BCUT2D eigenvalue weighted by atomic mass is 9.86. The highest BCUT2D eigenvalue weighted by Gasteiger charge is 2.13. The van der Waals surface area contributed by atoms with Gasteiger partial charge in [0.2, 0.25) is 0 Å². The molecule has 3 nitrogen and oxygen atoms in total. The quantitative estimate of drug-likeness (QED) is 0.734. The SMILES string of the molecule is CCc1cc2ccc1-2.CONOC. The van der Waals surface area contributed by atoms with E-state index in [1.165, 1.54) is 37.3 Å². The van der Waals surface area contributed by atoms with Gasteiger partial charge in [-0.2, -0.15) is 0 Å². The zero-order valence-electron chi connectivity index (χ0n) is 8.26. The highest BCUT2D eigenvalue weighted by Crippen LogP contribution is 2.36. The smallest absolute Gasteiger partial charge is 0.0599 e. The Morgan fingerprint density at radius 1 is 1.23 bits per heavy atom. The van der Waals surface area contributed by atoms with E-state index in [2.05, 4.69) is 40.4 Å². The van der Waals surface area contributed by atoms with Crippen molar-refractivity contribution in [3.8, 4) is 11.1 Å². The number of hydrogen-bond acceptors (Lipinski definition) is 3. The minimum absolute atomic E-state index is 1.20. The number of aryl methyl sites for hydroxylation is 1. The van der Waals surface area contributed by atoms with Crippen LogP contribution in [0.2, 0.25) is 0 Å². The van der Waals surface area contributed by atoms with Crippen LogP contribution in [-0.4, -0.2) is 14.2 Å². The molecule has 0 aromatic carbocycles. The molecule has 0 saturated heterocycles. The maximum Gasteiger partial charge on any atom is 0.0599 e. The number of benzene rings is 1. The molecular formula is C10H15NO2. The van der Waals surface area contributed by atoms with Gasteiger partial charge in [-0.1, -0.05) is 30.8 Å². The Morgan fingerprint density at radius 2 is 1.92 bits per heavy atom. The highest BCUT2D eigenvalue weighted by molar-refractivity contribution is 5.80. The van der Waals surface area contributed by atoms with Gasteiger partial charge in [-0.05, 0) is 23.1 Å². The average molecular weight is 181 g/mol. The molecule has 1 N–H and O–H groups in total. The van der Waals surface area contributed by atoms with Crippen LogP contribution in [0.1, 0.15) is 12.5 Å². The lowest BCUT2D eigenvalue weighted by molar-refractivity contribution is -0.130. The molecule has 0 spiro atoms. The second-order valence-corrected chi connectivity index (χ2v) is 2.72. The molecule has 0 heterocycles. The van der Waals surface area contributed by atoms with Crippen molar-refractivity contribution in [1.82, 2.24) is 5.64 Å². The van der Waals surface area contributed by atoms with E-state index in [1.807, 2.05) is 0 Å². The fourth-order valence-electron chi connectivity index (χ4n) is 1.24. The van der Waals surface area contributed by atoms with Crippen LogP contribution in [0.15, 0.2) is 18.2 Å². The lowest BCUT2D eigenvalue weighted by Crippen LogP contribution is -2.07. The van der Waals surface area contributed by atoms with Crippen LogP contribution < -0.4 is 5.64 Å². The molecule has 0 bridgehead atoms. The predicted molar refractivity (Wildman–Crippen MR) is 52.0 cm³/mol. The van der Waals surface area contributed by atoms with Crippen molar-refractivity contribution in [2.45, 2.75) is 13.3 Å². The molecule has 0 aliphatic heterocycles. The first-order valence-electron chi connectivity index (χ1n) is 4.27. The molecule has 2 rings (SSSR count). The Morgan fingerprint density at radius 3 is 2.00 bits per heavy atom. The van der Waals surface area contributed by atoms with Crippen LogP contribution in [0.25, 0.3) is 11.1 Å². The average Bonchev–Trinajstić information content (AvgIpc) is 2.12. The number of fused-ring (bicyclic) bond motifs is 1. The molecule has 2 aliphatic rings. The van der Waals surface area contributed by atoms with E-state index in [4.69, 9.17) is 0 Å². The summed E-state index contributed by atoms with van der Waals surface area (Å²) in [6.45, 7) is 2.20. The molecule has 0 fully saturated rings. The first kappa shape index (κ1) is 10.2. The minimum Gasteiger partial charge on any atom is -0.280 e. The third-order valence-electron chi connectivity index (χ3n) is 1.96. The van der Waals surface area contributed by atoms with Crippen LogP contribution in [0.4, 0.5) is 0 Å². The van der Waals surface area contributed by atoms with Gasteiger partial charge in [0.15, 0.2) is 0 Å². The number of hydrogen-bond donors (Lipinski definition) is 1. The monoisotopic (exact) mass is 181 g/mol. The highest BCUT2D eigenvalue weighted by atomic mass is 16.9. The van der Waals surface area contributed by atoms with Crippen molar-refractivity contribution in [3.63, 3.8) is 0 Å². The minimum atomic E-state index is 1.20. The van der Waals surface area contributed by atoms with Gasteiger partial charge in [0, 0.05) is 0 Å². The molecule has 2 aliphatic carbocycles. The fourth-order valence-corrected chi connectivity index (χ4v) is 1.24. The van der Waals surface area contributed by atoms with E-state index in [1.54, 1.807) is 0 Å². The van der Waals surface area contributed by atoms with Crippen molar-refractivity contribution in [2.24, 2.45) is 0 Å². The van der Waals surface area contributed by atoms with Gasteiger partial charge >= 0.3 is 0 Å². The van der Waals surface area contributed by atoms with Crippen LogP contribution in [-0.2, 0) is 16.1 Å². The van der Waals surface area contributed by atoms with Crippen molar-refractivity contribution in [1.29, 1.82) is 0 Å². The molecule has 13 heavy (non-hydrogen) atoms. The molecule has 0 aromatic rings. The summed E-state index contributed by atoms with van der Waals surface area (Å²) in [4.78, 5) is 8.44. The van der Waals surface area contributed by atoms with E-state index >= 15 is 0 Å². The van der Waals surface area contributed by atoms with E-state index in [0.717, 1.165) is 0 Å². The zero-order chi connectivity index (χ0) is 9.68. The van der Waals surface area contributed by atoms with Gasteiger partial charge in [-0.3, -0.25) is 9.68 Å². The summed E-state index contributed by atoms with van der Waals surface area (Å²) in [5.74, 6) is 0. The van der Waals surface area contributed by atoms with Gasteiger partial charge < -0.3 is 0 Å². The zero-order valence-corrected chi connectivity index (χ0v) is 8.26. The maximum atomic E-state index is 4.22. The molecule has 0 aromatic heterocycles. The van der Waals surface area contributed by atoms with E-state index < -0.39 is 0 Å². The van der Waals surface area contributed by atoms with E-state index in [9.17, 15) is 0 Å². The summed E-state index contributed by atoms with van der Waals surface area (Å²) in [6.07, 6.45) is 1.20. The summed E-state index contributed by atoms with van der Waals surface area (Å²) in [5, 5.41) is 0. The van der Waals surface area contributed by atoms with Crippen molar-refractivity contribution in [3.05, 3.63) is 23.8 Å². The number of rotatable bonds is 3. The predicted octanol–water partition coefficient (Wildman–Crippen LogP) is 1.93. The topological polar surface area (TPSA) is 30.5 Å². The fraction of sp³-hybridized carbons (Fsp3) is 0.400. The molecule has 0 amide bonds. The second kappa shape index (κ2) is 4.97. The molecule has 0 atom stereocenters. The lowest BCUT2D eigenvalue weighted by Gasteiger charge is -2.19. The Balaban J connectivity index is 0.000000149. The largest absolute Gasteiger partial charge is 0.280 e. The molecule has 3 heteroatoms. The summed E-state index contributed by atoms with van der Waals surface area (Å²) in [5.41, 5.74) is 6.61. The van der Waals surface area contributed by atoms with Crippen molar-refractivity contribution in [2.75, 3.05) is 14.2 Å².